The summed E-state index contributed by atoms with van der Waals surface area (Å²) in [5.74, 6) is 2.45. The third-order valence-corrected chi connectivity index (χ3v) is 8.28. The van der Waals surface area contributed by atoms with Crippen molar-refractivity contribution in [3.63, 3.8) is 0 Å². The summed E-state index contributed by atoms with van der Waals surface area (Å²) in [6, 6.07) is 12.2. The third-order valence-electron chi connectivity index (χ3n) is 6.03. The number of rotatable bonds is 9. The van der Waals surface area contributed by atoms with Crippen molar-refractivity contribution < 1.29 is 22.9 Å². The Morgan fingerprint density at radius 1 is 0.941 bits per heavy atom. The number of hydrogen-bond donors (Lipinski definition) is 0. The van der Waals surface area contributed by atoms with Gasteiger partial charge in [-0.1, -0.05) is 45.0 Å². The first-order valence-corrected chi connectivity index (χ1v) is 14.7. The van der Waals surface area contributed by atoms with E-state index in [2.05, 4.69) is 58.1 Å². The van der Waals surface area contributed by atoms with Gasteiger partial charge in [-0.3, -0.25) is 4.79 Å². The number of ether oxygens (including phenoxy) is 3. The normalized spacial score (nSPS) is 16.4. The minimum absolute atomic E-state index is 0.102. The monoisotopic (exact) mass is 499 g/mol. The average Bonchev–Trinajstić information content (AvgIpc) is 3.15. The molecule has 34 heavy (non-hydrogen) atoms. The Labute approximate surface area is 209 Å². The largest absolute Gasteiger partial charge is 0.493 e. The first-order valence-electron chi connectivity index (χ1n) is 11.4. The van der Waals surface area contributed by atoms with E-state index in [4.69, 9.17) is 18.1 Å². The quantitative estimate of drug-likeness (QED) is 0.284. The Balaban J connectivity index is 2.08. The van der Waals surface area contributed by atoms with Gasteiger partial charge in [-0.25, -0.2) is 0 Å². The molecule has 3 rings (SSSR count). The van der Waals surface area contributed by atoms with Gasteiger partial charge in [-0.2, -0.15) is 0 Å². The zero-order chi connectivity index (χ0) is 25.0. The molecule has 1 radical (unpaired) electrons. The van der Waals surface area contributed by atoms with E-state index in [-0.39, 0.29) is 17.1 Å². The summed E-state index contributed by atoms with van der Waals surface area (Å²) in [5.41, 5.74) is 4.68. The second-order valence-corrected chi connectivity index (χ2v) is 12.7. The number of Topliss-reactive ketones (excluding diaryl/α,β-unsaturated/α-hetero) is 1. The average molecular weight is 500 g/mol. The summed E-state index contributed by atoms with van der Waals surface area (Å²) in [7, 11) is 4.04. The maximum absolute atomic E-state index is 13.8. The number of ketones is 1. The zero-order valence-corrected chi connectivity index (χ0v) is 23.2. The fourth-order valence-corrected chi connectivity index (χ4v) is 5.75. The van der Waals surface area contributed by atoms with Gasteiger partial charge in [0.05, 0.1) is 21.3 Å². The van der Waals surface area contributed by atoms with Gasteiger partial charge in [0.2, 0.25) is 14.8 Å². The Morgan fingerprint density at radius 2 is 1.53 bits per heavy atom. The van der Waals surface area contributed by atoms with Crippen molar-refractivity contribution in [3.8, 4) is 17.2 Å². The van der Waals surface area contributed by atoms with Gasteiger partial charge in [0.1, 0.15) is 0 Å². The van der Waals surface area contributed by atoms with Crippen LogP contribution in [0.2, 0.25) is 13.1 Å². The number of carbonyl (C=O) groups excluding carboxylic acids is 1. The van der Waals surface area contributed by atoms with Gasteiger partial charge in [0, 0.05) is 17.2 Å². The SMILES string of the molecule is COc1cc(C2=C(c3ccc(CSO[Si](C)C)cc3)CC(C(C)(C)C)C2=O)cc(OC)c1OC. The molecule has 0 spiro atoms. The van der Waals surface area contributed by atoms with Gasteiger partial charge in [0.25, 0.3) is 0 Å². The minimum atomic E-state index is -0.716. The van der Waals surface area contributed by atoms with Crippen LogP contribution in [0.3, 0.4) is 0 Å². The van der Waals surface area contributed by atoms with E-state index in [0.717, 1.165) is 28.0 Å². The number of allylic oxidation sites excluding steroid dienone is 2. The van der Waals surface area contributed by atoms with Crippen molar-refractivity contribution in [2.45, 2.75) is 46.0 Å². The van der Waals surface area contributed by atoms with Crippen LogP contribution in [-0.4, -0.2) is 36.2 Å². The van der Waals surface area contributed by atoms with Crippen molar-refractivity contribution in [2.24, 2.45) is 11.3 Å². The topological polar surface area (TPSA) is 54.0 Å². The Hall–Kier alpha value is -2.22. The smallest absolute Gasteiger partial charge is 0.225 e. The van der Waals surface area contributed by atoms with Crippen molar-refractivity contribution in [2.75, 3.05) is 21.3 Å². The van der Waals surface area contributed by atoms with Crippen LogP contribution in [-0.2, 0) is 14.4 Å². The van der Waals surface area contributed by atoms with Crippen molar-refractivity contribution in [1.29, 1.82) is 0 Å². The molecule has 0 aliphatic heterocycles. The van der Waals surface area contributed by atoms with Crippen LogP contribution in [0.4, 0.5) is 0 Å². The highest BCUT2D eigenvalue weighted by Gasteiger charge is 2.41. The molecule has 0 fully saturated rings. The van der Waals surface area contributed by atoms with Crippen LogP contribution in [0.15, 0.2) is 36.4 Å². The number of hydrogen-bond acceptors (Lipinski definition) is 6. The van der Waals surface area contributed by atoms with Crippen molar-refractivity contribution in [3.05, 3.63) is 53.1 Å². The number of carbonyl (C=O) groups is 1. The highest BCUT2D eigenvalue weighted by atomic mass is 32.2. The summed E-state index contributed by atoms with van der Waals surface area (Å²) < 4.78 is 22.3. The zero-order valence-electron chi connectivity index (χ0n) is 21.4. The van der Waals surface area contributed by atoms with Crippen LogP contribution in [0.25, 0.3) is 11.1 Å². The lowest BCUT2D eigenvalue weighted by atomic mass is 9.77. The maximum Gasteiger partial charge on any atom is 0.225 e. The van der Waals surface area contributed by atoms with E-state index < -0.39 is 9.04 Å². The van der Waals surface area contributed by atoms with E-state index >= 15 is 0 Å². The van der Waals surface area contributed by atoms with Crippen LogP contribution in [0, 0.1) is 11.3 Å². The molecule has 0 bridgehead atoms. The molecule has 5 nitrogen and oxygen atoms in total. The number of benzene rings is 2. The Kier molecular flexibility index (Phi) is 8.55. The summed E-state index contributed by atoms with van der Waals surface area (Å²) in [5, 5.41) is 0. The first kappa shape index (κ1) is 26.4. The van der Waals surface area contributed by atoms with Gasteiger partial charge < -0.3 is 18.1 Å². The minimum Gasteiger partial charge on any atom is -0.493 e. The van der Waals surface area contributed by atoms with Gasteiger partial charge >= 0.3 is 0 Å². The van der Waals surface area contributed by atoms with Crippen LogP contribution in [0.1, 0.15) is 43.9 Å². The molecule has 1 aliphatic carbocycles. The van der Waals surface area contributed by atoms with Gasteiger partial charge in [-0.05, 0) is 71.4 Å². The third kappa shape index (κ3) is 5.70. The standard InChI is InChI=1S/C27H35O5SSi/c1-27(2,3)21-15-20(18-11-9-17(10-12-18)16-33-32-34(7)8)24(25(21)28)19-13-22(29-4)26(31-6)23(14-19)30-5/h9-14,21H,15-16H2,1-8H3. The number of methoxy groups -OCH3 is 3. The summed E-state index contributed by atoms with van der Waals surface area (Å²) in [6.45, 7) is 10.6. The first-order chi connectivity index (χ1) is 16.1. The van der Waals surface area contributed by atoms with E-state index in [0.29, 0.717) is 23.7 Å². The molecule has 1 atom stereocenters. The molecular formula is C27H35O5SSi. The predicted molar refractivity (Wildman–Crippen MR) is 142 cm³/mol. The highest BCUT2D eigenvalue weighted by Crippen LogP contribution is 2.49. The molecule has 0 saturated heterocycles. The molecular weight excluding hydrogens is 464 g/mol. The molecule has 2 aromatic carbocycles. The van der Waals surface area contributed by atoms with E-state index in [1.165, 1.54) is 17.6 Å². The second-order valence-electron chi connectivity index (χ2n) is 9.71. The molecule has 0 aromatic heterocycles. The molecule has 183 valence electrons. The van der Waals surface area contributed by atoms with Crippen molar-refractivity contribution >= 4 is 38.0 Å². The van der Waals surface area contributed by atoms with Crippen molar-refractivity contribution in [1.82, 2.24) is 0 Å². The Morgan fingerprint density at radius 3 is 2.00 bits per heavy atom. The maximum atomic E-state index is 13.8. The molecule has 0 saturated carbocycles. The lowest BCUT2D eigenvalue weighted by Crippen LogP contribution is -2.25. The summed E-state index contributed by atoms with van der Waals surface area (Å²) >= 11 is 1.51. The highest BCUT2D eigenvalue weighted by molar-refractivity contribution is 7.94. The molecule has 7 heteroatoms. The molecule has 0 heterocycles. The second kappa shape index (κ2) is 11.0. The van der Waals surface area contributed by atoms with Gasteiger partial charge in [0.15, 0.2) is 17.3 Å². The molecule has 1 unspecified atom stereocenters. The van der Waals surface area contributed by atoms with Crippen LogP contribution in [0.5, 0.6) is 17.2 Å². The fraction of sp³-hybridized carbons (Fsp3) is 0.444. The van der Waals surface area contributed by atoms with Crippen LogP contribution >= 0.6 is 12.0 Å². The Bertz CT molecular complexity index is 1030. The fourth-order valence-electron chi connectivity index (χ4n) is 4.24. The van der Waals surface area contributed by atoms with Gasteiger partial charge in [-0.15, -0.1) is 0 Å². The van der Waals surface area contributed by atoms with Crippen LogP contribution < -0.4 is 14.2 Å². The van der Waals surface area contributed by atoms with E-state index in [9.17, 15) is 4.79 Å². The molecule has 1 aliphatic rings. The summed E-state index contributed by atoms with van der Waals surface area (Å²) in [6.07, 6.45) is 0.697. The predicted octanol–water partition coefficient (Wildman–Crippen LogP) is 6.67. The lowest BCUT2D eigenvalue weighted by molar-refractivity contribution is -0.119. The van der Waals surface area contributed by atoms with E-state index in [1.54, 1.807) is 21.3 Å². The lowest BCUT2D eigenvalue weighted by Gasteiger charge is -2.26. The van der Waals surface area contributed by atoms with E-state index in [1.807, 2.05) is 12.1 Å². The molecule has 2 aromatic rings. The molecule has 0 amide bonds. The summed E-state index contributed by atoms with van der Waals surface area (Å²) in [4.78, 5) is 13.8. The molecule has 0 N–H and O–H groups in total.